The molecule has 0 fully saturated rings. The van der Waals surface area contributed by atoms with Crippen LogP contribution >= 0.6 is 11.6 Å². The molecule has 3 aromatic rings. The summed E-state index contributed by atoms with van der Waals surface area (Å²) in [6.45, 7) is 1.98. The molecule has 4 rings (SSSR count). The number of ketones is 1. The molecule has 28 heavy (non-hydrogen) atoms. The highest BCUT2D eigenvalue weighted by molar-refractivity contribution is 6.31. The summed E-state index contributed by atoms with van der Waals surface area (Å²) in [7, 11) is 0. The van der Waals surface area contributed by atoms with Gasteiger partial charge in [-0.05, 0) is 42.8 Å². The van der Waals surface area contributed by atoms with Crippen LogP contribution in [-0.2, 0) is 6.61 Å². The molecule has 0 atom stereocenters. The Bertz CT molecular complexity index is 1070. The monoisotopic (exact) mass is 394 g/mol. The van der Waals surface area contributed by atoms with E-state index in [4.69, 9.17) is 21.1 Å². The van der Waals surface area contributed by atoms with E-state index in [1.165, 1.54) is 12.1 Å². The summed E-state index contributed by atoms with van der Waals surface area (Å²) in [4.78, 5) is 12.5. The van der Waals surface area contributed by atoms with Crippen LogP contribution < -0.4 is 9.47 Å². The summed E-state index contributed by atoms with van der Waals surface area (Å²) >= 11 is 6.02. The zero-order valence-corrected chi connectivity index (χ0v) is 15.8. The highest BCUT2D eigenvalue weighted by Crippen LogP contribution is 2.35. The Balaban J connectivity index is 1.53. The first-order chi connectivity index (χ1) is 13.5. The van der Waals surface area contributed by atoms with Crippen molar-refractivity contribution in [3.05, 3.63) is 99.5 Å². The summed E-state index contributed by atoms with van der Waals surface area (Å²) in [5, 5.41) is 0.302. The third-order valence-electron chi connectivity index (χ3n) is 4.46. The van der Waals surface area contributed by atoms with Gasteiger partial charge in [0.15, 0.2) is 5.76 Å². The molecule has 0 bridgehead atoms. The summed E-state index contributed by atoms with van der Waals surface area (Å²) < 4.78 is 25.2. The van der Waals surface area contributed by atoms with Crippen molar-refractivity contribution in [3.8, 4) is 11.5 Å². The Morgan fingerprint density at radius 1 is 1.11 bits per heavy atom. The average Bonchev–Trinajstić information content (AvgIpc) is 2.98. The molecule has 0 aliphatic carbocycles. The minimum absolute atomic E-state index is 0.0235. The maximum atomic E-state index is 13.9. The minimum Gasteiger partial charge on any atom is -0.489 e. The number of carbonyl (C=O) groups is 1. The first-order valence-electron chi connectivity index (χ1n) is 8.72. The molecule has 0 saturated heterocycles. The van der Waals surface area contributed by atoms with Crippen molar-refractivity contribution in [2.24, 2.45) is 0 Å². The van der Waals surface area contributed by atoms with Gasteiger partial charge >= 0.3 is 0 Å². The number of ether oxygens (including phenoxy) is 2. The molecular weight excluding hydrogens is 379 g/mol. The normalized spacial score (nSPS) is 14.1. The van der Waals surface area contributed by atoms with E-state index in [-0.39, 0.29) is 23.7 Å². The van der Waals surface area contributed by atoms with E-state index in [0.29, 0.717) is 22.1 Å². The van der Waals surface area contributed by atoms with Gasteiger partial charge in [-0.25, -0.2) is 4.39 Å². The first kappa shape index (κ1) is 18.3. The van der Waals surface area contributed by atoms with E-state index in [0.717, 1.165) is 11.1 Å². The van der Waals surface area contributed by atoms with Crippen LogP contribution in [0.25, 0.3) is 6.08 Å². The van der Waals surface area contributed by atoms with E-state index in [1.54, 1.807) is 30.3 Å². The maximum absolute atomic E-state index is 13.9. The zero-order valence-electron chi connectivity index (χ0n) is 15.0. The first-order valence-corrected chi connectivity index (χ1v) is 9.10. The second-order valence-corrected chi connectivity index (χ2v) is 6.90. The molecule has 3 aromatic carbocycles. The van der Waals surface area contributed by atoms with Gasteiger partial charge in [-0.15, -0.1) is 0 Å². The lowest BCUT2D eigenvalue weighted by molar-refractivity contribution is 0.101. The number of Topliss-reactive ketones (excluding diaryl/α,β-unsaturated/α-hetero) is 1. The predicted molar refractivity (Wildman–Crippen MR) is 106 cm³/mol. The van der Waals surface area contributed by atoms with Gasteiger partial charge in [0.1, 0.15) is 23.9 Å². The standard InChI is InChI=1S/C23H16ClFO3/c1-14-5-7-15(8-6-14)11-22-23(26)17-10-9-16(12-21(17)28-22)27-13-18-19(24)3-2-4-20(18)25/h2-12H,13H2,1H3. The molecular formula is C23H16ClFO3. The van der Waals surface area contributed by atoms with Gasteiger partial charge in [0.05, 0.1) is 10.6 Å². The van der Waals surface area contributed by atoms with Crippen LogP contribution in [0.4, 0.5) is 4.39 Å². The molecule has 1 aliphatic rings. The second-order valence-electron chi connectivity index (χ2n) is 6.50. The van der Waals surface area contributed by atoms with Gasteiger partial charge in [-0.3, -0.25) is 4.79 Å². The van der Waals surface area contributed by atoms with E-state index in [9.17, 15) is 9.18 Å². The number of hydrogen-bond acceptors (Lipinski definition) is 3. The largest absolute Gasteiger partial charge is 0.489 e. The molecule has 0 amide bonds. The summed E-state index contributed by atoms with van der Waals surface area (Å²) in [5.74, 6) is 0.527. The molecule has 0 radical (unpaired) electrons. The van der Waals surface area contributed by atoms with Crippen LogP contribution in [0.2, 0.25) is 5.02 Å². The van der Waals surface area contributed by atoms with Gasteiger partial charge in [-0.2, -0.15) is 0 Å². The van der Waals surface area contributed by atoms with Crippen LogP contribution in [-0.4, -0.2) is 5.78 Å². The van der Waals surface area contributed by atoms with Crippen LogP contribution in [0.5, 0.6) is 11.5 Å². The van der Waals surface area contributed by atoms with Gasteiger partial charge in [0.25, 0.3) is 0 Å². The lowest BCUT2D eigenvalue weighted by Crippen LogP contribution is -1.99. The summed E-state index contributed by atoms with van der Waals surface area (Å²) in [5.41, 5.74) is 2.77. The molecule has 0 spiro atoms. The fourth-order valence-electron chi connectivity index (χ4n) is 2.90. The molecule has 1 heterocycles. The Labute approximate surface area is 167 Å². The van der Waals surface area contributed by atoms with Gasteiger partial charge in [-0.1, -0.05) is 47.5 Å². The fraction of sp³-hybridized carbons (Fsp3) is 0.0870. The number of aryl methyl sites for hydroxylation is 1. The number of carbonyl (C=O) groups excluding carboxylic acids is 1. The molecule has 5 heteroatoms. The summed E-state index contributed by atoms with van der Waals surface area (Å²) in [6.07, 6.45) is 1.71. The summed E-state index contributed by atoms with van der Waals surface area (Å²) in [6, 6.07) is 17.2. The highest BCUT2D eigenvalue weighted by atomic mass is 35.5. The average molecular weight is 395 g/mol. The third kappa shape index (κ3) is 3.64. The molecule has 0 saturated carbocycles. The number of fused-ring (bicyclic) bond motifs is 1. The van der Waals surface area contributed by atoms with Crippen LogP contribution in [0.1, 0.15) is 27.0 Å². The molecule has 0 aromatic heterocycles. The van der Waals surface area contributed by atoms with Crippen molar-refractivity contribution >= 4 is 23.5 Å². The molecule has 140 valence electrons. The van der Waals surface area contributed by atoms with E-state index in [2.05, 4.69) is 0 Å². The lowest BCUT2D eigenvalue weighted by Gasteiger charge is -2.09. The van der Waals surface area contributed by atoms with Crippen LogP contribution in [0, 0.1) is 12.7 Å². The number of benzene rings is 3. The smallest absolute Gasteiger partial charge is 0.231 e. The third-order valence-corrected chi connectivity index (χ3v) is 4.82. The topological polar surface area (TPSA) is 35.5 Å². The van der Waals surface area contributed by atoms with Crippen molar-refractivity contribution in [3.63, 3.8) is 0 Å². The van der Waals surface area contributed by atoms with Crippen LogP contribution in [0.15, 0.2) is 66.4 Å². The minimum atomic E-state index is -0.427. The van der Waals surface area contributed by atoms with Crippen molar-refractivity contribution in [2.45, 2.75) is 13.5 Å². The van der Waals surface area contributed by atoms with Crippen molar-refractivity contribution in [1.29, 1.82) is 0 Å². The fourth-order valence-corrected chi connectivity index (χ4v) is 3.11. The van der Waals surface area contributed by atoms with Crippen LogP contribution in [0.3, 0.4) is 0 Å². The molecule has 0 N–H and O–H groups in total. The lowest BCUT2D eigenvalue weighted by atomic mass is 10.1. The highest BCUT2D eigenvalue weighted by Gasteiger charge is 2.27. The van der Waals surface area contributed by atoms with E-state index < -0.39 is 5.82 Å². The Morgan fingerprint density at radius 3 is 2.64 bits per heavy atom. The Hall–Kier alpha value is -3.11. The molecule has 3 nitrogen and oxygen atoms in total. The molecule has 0 unspecified atom stereocenters. The number of hydrogen-bond donors (Lipinski definition) is 0. The Kier molecular flexibility index (Phi) is 4.88. The van der Waals surface area contributed by atoms with Gasteiger partial charge in [0.2, 0.25) is 5.78 Å². The van der Waals surface area contributed by atoms with Gasteiger partial charge < -0.3 is 9.47 Å². The maximum Gasteiger partial charge on any atom is 0.231 e. The Morgan fingerprint density at radius 2 is 1.89 bits per heavy atom. The second kappa shape index (κ2) is 7.49. The SMILES string of the molecule is Cc1ccc(C=C2Oc3cc(OCc4c(F)cccc4Cl)ccc3C2=O)cc1. The van der Waals surface area contributed by atoms with Crippen molar-refractivity contribution in [1.82, 2.24) is 0 Å². The molecule has 1 aliphatic heterocycles. The van der Waals surface area contributed by atoms with Gasteiger partial charge in [0, 0.05) is 11.6 Å². The predicted octanol–water partition coefficient (Wildman–Crippen LogP) is 5.98. The number of rotatable bonds is 4. The zero-order chi connectivity index (χ0) is 19.7. The van der Waals surface area contributed by atoms with Crippen molar-refractivity contribution in [2.75, 3.05) is 0 Å². The van der Waals surface area contributed by atoms with Crippen molar-refractivity contribution < 1.29 is 18.7 Å². The number of halogens is 2. The number of allylic oxidation sites excluding steroid dienone is 1. The van der Waals surface area contributed by atoms with E-state index in [1.807, 2.05) is 31.2 Å². The van der Waals surface area contributed by atoms with E-state index >= 15 is 0 Å². The quantitative estimate of drug-likeness (QED) is 0.510.